The largest absolute Gasteiger partial charge is 0.477 e. The summed E-state index contributed by atoms with van der Waals surface area (Å²) in [7, 11) is 0. The Labute approximate surface area is 210 Å². The molecule has 0 amide bonds. The molecule has 0 saturated carbocycles. The number of aromatic carboxylic acids is 1. The van der Waals surface area contributed by atoms with Crippen molar-refractivity contribution in [2.24, 2.45) is 11.1 Å². The van der Waals surface area contributed by atoms with Gasteiger partial charge < -0.3 is 20.7 Å². The highest BCUT2D eigenvalue weighted by atomic mass is 16.4. The maximum Gasteiger partial charge on any atom is 0.341 e. The van der Waals surface area contributed by atoms with Crippen LogP contribution in [0.4, 0.5) is 5.95 Å². The molecule has 4 aromatic rings. The number of pyridine rings is 1. The summed E-state index contributed by atoms with van der Waals surface area (Å²) in [5.41, 5.74) is 8.81. The van der Waals surface area contributed by atoms with E-state index in [0.717, 1.165) is 19.3 Å². The topological polar surface area (TPSA) is 174 Å². The van der Waals surface area contributed by atoms with Crippen LogP contribution in [0, 0.1) is 5.41 Å². The highest BCUT2D eigenvalue weighted by Gasteiger charge is 2.46. The number of fused-ring (bicyclic) bond motifs is 2. The molecule has 0 bridgehead atoms. The van der Waals surface area contributed by atoms with Gasteiger partial charge in [-0.25, -0.2) is 4.79 Å². The number of rotatable bonds is 4. The molecule has 1 atom stereocenters. The molecule has 1 saturated heterocycles. The van der Waals surface area contributed by atoms with Crippen molar-refractivity contribution in [2.45, 2.75) is 25.3 Å². The Balaban J connectivity index is 1.26. The average Bonchev–Trinajstić information content (AvgIpc) is 3.44. The predicted octanol–water partition coefficient (Wildman–Crippen LogP) is 1.94. The number of aromatic nitrogens is 5. The number of carboxylic acid groups (broad SMARTS) is 1. The molecule has 1 aliphatic carbocycles. The lowest BCUT2D eigenvalue weighted by molar-refractivity contribution is 0.0695. The van der Waals surface area contributed by atoms with Gasteiger partial charge in [0.25, 0.3) is 11.1 Å². The lowest BCUT2D eigenvalue weighted by Gasteiger charge is -2.42. The van der Waals surface area contributed by atoms with Crippen LogP contribution in [-0.4, -0.2) is 49.3 Å². The van der Waals surface area contributed by atoms with Crippen molar-refractivity contribution in [1.82, 2.24) is 25.1 Å². The SMILES string of the molecule is C=C(c1c[nH]c(=O)c(C(=O)O)c1)c1n[nH]c2nc(N3CCC4(CC3)Cc3ccccc3C4N)[nH]c(=O)c12. The molecule has 1 aromatic carbocycles. The first kappa shape index (κ1) is 22.9. The zero-order chi connectivity index (χ0) is 25.9. The van der Waals surface area contributed by atoms with E-state index in [-0.39, 0.29) is 28.1 Å². The van der Waals surface area contributed by atoms with Gasteiger partial charge in [-0.2, -0.15) is 10.1 Å². The monoisotopic (exact) mass is 499 g/mol. The molecule has 188 valence electrons. The van der Waals surface area contributed by atoms with E-state index in [1.165, 1.54) is 23.4 Å². The van der Waals surface area contributed by atoms with Crippen LogP contribution >= 0.6 is 0 Å². The Morgan fingerprint density at radius 1 is 1.19 bits per heavy atom. The van der Waals surface area contributed by atoms with Crippen molar-refractivity contribution in [3.63, 3.8) is 0 Å². The second-order valence-electron chi connectivity index (χ2n) is 9.80. The van der Waals surface area contributed by atoms with Crippen molar-refractivity contribution in [2.75, 3.05) is 18.0 Å². The van der Waals surface area contributed by atoms with Crippen LogP contribution in [0.15, 0.2) is 52.7 Å². The molecule has 11 nitrogen and oxygen atoms in total. The van der Waals surface area contributed by atoms with Gasteiger partial charge in [-0.3, -0.25) is 19.7 Å². The number of carbonyl (C=O) groups is 1. The minimum Gasteiger partial charge on any atom is -0.477 e. The number of anilines is 1. The number of H-pyrrole nitrogens is 3. The van der Waals surface area contributed by atoms with Gasteiger partial charge in [0.2, 0.25) is 5.95 Å². The molecule has 6 N–H and O–H groups in total. The quantitative estimate of drug-likeness (QED) is 0.283. The van der Waals surface area contributed by atoms with Crippen LogP contribution in [-0.2, 0) is 6.42 Å². The summed E-state index contributed by atoms with van der Waals surface area (Å²) in [5, 5.41) is 16.5. The van der Waals surface area contributed by atoms with Gasteiger partial charge in [0.15, 0.2) is 5.65 Å². The van der Waals surface area contributed by atoms with Crippen LogP contribution in [0.5, 0.6) is 0 Å². The van der Waals surface area contributed by atoms with E-state index in [4.69, 9.17) is 5.73 Å². The van der Waals surface area contributed by atoms with Gasteiger partial charge >= 0.3 is 5.97 Å². The van der Waals surface area contributed by atoms with Gasteiger partial charge in [-0.15, -0.1) is 0 Å². The fourth-order valence-electron chi connectivity index (χ4n) is 5.72. The van der Waals surface area contributed by atoms with Gasteiger partial charge in [-0.1, -0.05) is 30.8 Å². The molecule has 11 heteroatoms. The zero-order valence-corrected chi connectivity index (χ0v) is 19.9. The molecule has 1 spiro atoms. The van der Waals surface area contributed by atoms with Crippen molar-refractivity contribution in [3.8, 4) is 0 Å². The first-order chi connectivity index (χ1) is 17.8. The van der Waals surface area contributed by atoms with Gasteiger partial charge in [0.05, 0.1) is 0 Å². The van der Waals surface area contributed by atoms with Crippen molar-refractivity contribution in [3.05, 3.63) is 91.8 Å². The van der Waals surface area contributed by atoms with Crippen molar-refractivity contribution < 1.29 is 9.90 Å². The molecule has 1 unspecified atom stereocenters. The van der Waals surface area contributed by atoms with Gasteiger partial charge in [-0.05, 0) is 41.9 Å². The molecule has 37 heavy (non-hydrogen) atoms. The zero-order valence-electron chi connectivity index (χ0n) is 19.9. The third-order valence-electron chi connectivity index (χ3n) is 7.84. The summed E-state index contributed by atoms with van der Waals surface area (Å²) in [6, 6.07) is 9.56. The molecule has 3 aromatic heterocycles. The maximum atomic E-state index is 13.1. The maximum absolute atomic E-state index is 13.1. The minimum absolute atomic E-state index is 0.00363. The fourth-order valence-corrected chi connectivity index (χ4v) is 5.72. The fraction of sp³-hybridized carbons (Fsp3) is 0.269. The number of aromatic amines is 3. The molecular formula is C26H25N7O4. The van der Waals surface area contributed by atoms with Crippen LogP contribution in [0.25, 0.3) is 16.6 Å². The highest BCUT2D eigenvalue weighted by Crippen LogP contribution is 2.50. The Bertz CT molecular complexity index is 1690. The van der Waals surface area contributed by atoms with Crippen LogP contribution in [0.3, 0.4) is 0 Å². The highest BCUT2D eigenvalue weighted by molar-refractivity contribution is 5.94. The number of nitrogens with two attached hydrogens (primary N) is 1. The average molecular weight is 500 g/mol. The standard InChI is InChI=1S/C26H25N7O4/c1-13(15-10-17(24(36)37)22(34)28-12-15)19-18-21(32-31-19)29-25(30-23(18)35)33-8-6-26(7-9-33)11-14-4-2-3-5-16(14)20(26)27/h2-5,10,12,20H,1,6-9,11,27H2,(H,28,34)(H,36,37)(H2,29,30,31,32,35). The molecular weight excluding hydrogens is 474 g/mol. The van der Waals surface area contributed by atoms with E-state index in [9.17, 15) is 19.5 Å². The van der Waals surface area contributed by atoms with Crippen LogP contribution in [0.2, 0.25) is 0 Å². The Kier molecular flexibility index (Phi) is 5.12. The molecule has 1 aliphatic heterocycles. The molecule has 4 heterocycles. The Hall–Kier alpha value is -4.51. The van der Waals surface area contributed by atoms with E-state index >= 15 is 0 Å². The van der Waals surface area contributed by atoms with E-state index in [1.54, 1.807) is 0 Å². The van der Waals surface area contributed by atoms with E-state index in [0.29, 0.717) is 30.2 Å². The van der Waals surface area contributed by atoms with Crippen molar-refractivity contribution in [1.29, 1.82) is 0 Å². The number of piperidine rings is 1. The molecule has 1 fully saturated rings. The van der Waals surface area contributed by atoms with Gasteiger partial charge in [0, 0.05) is 36.5 Å². The Morgan fingerprint density at radius 2 is 1.95 bits per heavy atom. The summed E-state index contributed by atoms with van der Waals surface area (Å²) >= 11 is 0. The first-order valence-electron chi connectivity index (χ1n) is 12.0. The Morgan fingerprint density at radius 3 is 2.68 bits per heavy atom. The van der Waals surface area contributed by atoms with E-state index in [1.807, 2.05) is 6.07 Å². The third-order valence-corrected chi connectivity index (χ3v) is 7.84. The second-order valence-corrected chi connectivity index (χ2v) is 9.80. The number of nitrogens with one attached hydrogen (secondary N) is 3. The number of benzene rings is 1. The molecule has 2 aliphatic rings. The summed E-state index contributed by atoms with van der Waals surface area (Å²) in [4.78, 5) is 48.2. The van der Waals surface area contributed by atoms with Crippen molar-refractivity contribution >= 4 is 28.5 Å². The number of hydrogen-bond acceptors (Lipinski definition) is 7. The summed E-state index contributed by atoms with van der Waals surface area (Å²) in [6.45, 7) is 5.38. The third kappa shape index (κ3) is 3.58. The van der Waals surface area contributed by atoms with E-state index < -0.39 is 22.7 Å². The number of carboxylic acids is 1. The second kappa shape index (κ2) is 8.27. The minimum atomic E-state index is -1.36. The first-order valence-corrected chi connectivity index (χ1v) is 12.0. The summed E-state index contributed by atoms with van der Waals surface area (Å²) in [6.07, 6.45) is 4.06. The lowest BCUT2D eigenvalue weighted by Crippen LogP contribution is -2.45. The van der Waals surface area contributed by atoms with Crippen LogP contribution < -0.4 is 21.8 Å². The smallest absolute Gasteiger partial charge is 0.341 e. The van der Waals surface area contributed by atoms with Crippen LogP contribution in [0.1, 0.15) is 51.6 Å². The van der Waals surface area contributed by atoms with Gasteiger partial charge in [0.1, 0.15) is 16.6 Å². The summed E-state index contributed by atoms with van der Waals surface area (Å²) in [5.74, 6) is -0.910. The van der Waals surface area contributed by atoms with E-state index in [2.05, 4.69) is 54.8 Å². The normalized spacial score (nSPS) is 18.3. The number of nitrogens with zero attached hydrogens (tertiary/aromatic N) is 3. The molecule has 6 rings (SSSR count). The lowest BCUT2D eigenvalue weighted by atomic mass is 9.73. The summed E-state index contributed by atoms with van der Waals surface area (Å²) < 4.78 is 0. The predicted molar refractivity (Wildman–Crippen MR) is 138 cm³/mol. The number of hydrogen-bond donors (Lipinski definition) is 5. The molecule has 0 radical (unpaired) electrons.